The molecule has 0 aromatic heterocycles. The van der Waals surface area contributed by atoms with Gasteiger partial charge in [0.05, 0.1) is 24.5 Å². The van der Waals surface area contributed by atoms with Crippen LogP contribution in [0.5, 0.6) is 0 Å². The Bertz CT molecular complexity index is 926. The van der Waals surface area contributed by atoms with Gasteiger partial charge in [-0.1, -0.05) is 0 Å². The van der Waals surface area contributed by atoms with E-state index in [1.807, 2.05) is 11.9 Å². The molecule has 2 aliphatic carbocycles. The minimum Gasteiger partial charge on any atom is -0.393 e. The highest BCUT2D eigenvalue weighted by atomic mass is 19.4. The van der Waals surface area contributed by atoms with E-state index in [4.69, 9.17) is 10.1 Å². The van der Waals surface area contributed by atoms with Gasteiger partial charge in [-0.3, -0.25) is 31.6 Å². The van der Waals surface area contributed by atoms with Crippen LogP contribution < -0.4 is 26.6 Å². The van der Waals surface area contributed by atoms with Crippen molar-refractivity contribution in [2.75, 3.05) is 47.5 Å². The molecular formula is C26H46F3N9O2. The summed E-state index contributed by atoms with van der Waals surface area (Å²) in [7, 11) is 5.42. The number of rotatable bonds is 6. The number of halogens is 3. The normalized spacial score (nSPS) is 45.3. The van der Waals surface area contributed by atoms with Gasteiger partial charge in [0.15, 0.2) is 5.96 Å². The molecule has 11 atom stereocenters. The molecule has 11 unspecified atom stereocenters. The molecule has 0 aromatic rings. The van der Waals surface area contributed by atoms with E-state index >= 15 is 0 Å². The second-order valence-electron chi connectivity index (χ2n) is 12.9. The number of fused-ring (bicyclic) bond motifs is 1. The smallest absolute Gasteiger partial charge is 0.393 e. The van der Waals surface area contributed by atoms with Crippen molar-refractivity contribution in [2.45, 2.75) is 87.2 Å². The number of ether oxygens (including phenoxy) is 1. The van der Waals surface area contributed by atoms with E-state index in [-0.39, 0.29) is 55.1 Å². The van der Waals surface area contributed by atoms with Crippen LogP contribution in [0.3, 0.4) is 0 Å². The lowest BCUT2D eigenvalue weighted by atomic mass is 9.78. The number of hydrogen-bond donors (Lipinski definition) is 7. The Morgan fingerprint density at radius 2 is 1.77 bits per heavy atom. The van der Waals surface area contributed by atoms with Gasteiger partial charge >= 0.3 is 6.18 Å². The SMILES string of the molecule is COC1NCNC(C2CC2)C1C1NCC2C(N1)N(CC1CCC(C3NC(C(F)(F)F)CN3C)CC1O)C(=N)N2C. The molecule has 6 rings (SSSR count). The first-order valence-electron chi connectivity index (χ1n) is 14.8. The number of methoxy groups -OCH3 is 1. The van der Waals surface area contributed by atoms with E-state index in [0.717, 1.165) is 19.6 Å². The summed E-state index contributed by atoms with van der Waals surface area (Å²) in [5, 5.41) is 37.5. The van der Waals surface area contributed by atoms with E-state index in [9.17, 15) is 18.3 Å². The highest BCUT2D eigenvalue weighted by molar-refractivity contribution is 5.80. The van der Waals surface area contributed by atoms with E-state index in [1.54, 1.807) is 19.1 Å². The van der Waals surface area contributed by atoms with Gasteiger partial charge in [-0.05, 0) is 51.0 Å². The van der Waals surface area contributed by atoms with Crippen LogP contribution in [0, 0.1) is 29.1 Å². The summed E-state index contributed by atoms with van der Waals surface area (Å²) in [6.45, 7) is 1.93. The number of likely N-dealkylation sites (N-methyl/N-ethyl adjacent to an activating group) is 2. The van der Waals surface area contributed by atoms with Crippen molar-refractivity contribution >= 4 is 5.96 Å². The van der Waals surface area contributed by atoms with Crippen molar-refractivity contribution in [1.29, 1.82) is 5.41 Å². The molecule has 0 amide bonds. The number of guanidine groups is 1. The average Bonchev–Trinajstić information content (AvgIpc) is 3.66. The molecular weight excluding hydrogens is 527 g/mol. The van der Waals surface area contributed by atoms with E-state index < -0.39 is 18.3 Å². The van der Waals surface area contributed by atoms with Gasteiger partial charge in [-0.2, -0.15) is 13.2 Å². The van der Waals surface area contributed by atoms with E-state index in [1.165, 1.54) is 12.8 Å². The van der Waals surface area contributed by atoms with Crippen LogP contribution in [0.2, 0.25) is 0 Å². The Morgan fingerprint density at radius 1 is 1.02 bits per heavy atom. The number of hydrogen-bond acceptors (Lipinski definition) is 9. The molecule has 0 radical (unpaired) electrons. The molecule has 6 fully saturated rings. The largest absolute Gasteiger partial charge is 0.405 e. The Kier molecular flexibility index (Phi) is 8.00. The van der Waals surface area contributed by atoms with Crippen molar-refractivity contribution < 1.29 is 23.0 Å². The third-order valence-corrected chi connectivity index (χ3v) is 10.5. The van der Waals surface area contributed by atoms with Gasteiger partial charge in [0.2, 0.25) is 0 Å². The van der Waals surface area contributed by atoms with Crippen LogP contribution in [0.1, 0.15) is 32.1 Å². The van der Waals surface area contributed by atoms with E-state index in [2.05, 4.69) is 31.5 Å². The maximum Gasteiger partial charge on any atom is 0.405 e. The second kappa shape index (κ2) is 11.1. The molecule has 0 aromatic carbocycles. The van der Waals surface area contributed by atoms with Crippen LogP contribution in [-0.2, 0) is 4.74 Å². The molecule has 40 heavy (non-hydrogen) atoms. The fraction of sp³-hybridized carbons (Fsp3) is 0.962. The Hall–Kier alpha value is -1.26. The molecule has 0 bridgehead atoms. The summed E-state index contributed by atoms with van der Waals surface area (Å²) in [4.78, 5) is 5.82. The molecule has 228 valence electrons. The second-order valence-corrected chi connectivity index (χ2v) is 12.9. The van der Waals surface area contributed by atoms with Gasteiger partial charge < -0.3 is 25.0 Å². The van der Waals surface area contributed by atoms with Crippen molar-refractivity contribution in [1.82, 2.24) is 41.3 Å². The van der Waals surface area contributed by atoms with Gasteiger partial charge in [-0.25, -0.2) is 0 Å². The molecule has 11 nitrogen and oxygen atoms in total. The van der Waals surface area contributed by atoms with Crippen LogP contribution in [0.25, 0.3) is 0 Å². The highest BCUT2D eigenvalue weighted by Crippen LogP contribution is 2.40. The summed E-state index contributed by atoms with van der Waals surface area (Å²) in [5.41, 5.74) is 0. The van der Waals surface area contributed by atoms with Crippen LogP contribution in [-0.4, -0.2) is 128 Å². The standard InChI is InChI=1S/C26H46F3N9O2/c1-36-11-18(26(27,28)29)34-22(36)14-6-7-15(17(39)8-14)10-38-23-16(37(2)25(38)30)9-31-21(35-23)19-20(13-4-5-13)32-12-33-24(19)40-3/h13-24,30-35,39H,4-12H2,1-3H3. The molecule has 14 heteroatoms. The summed E-state index contributed by atoms with van der Waals surface area (Å²) >= 11 is 0. The molecule has 7 N–H and O–H groups in total. The summed E-state index contributed by atoms with van der Waals surface area (Å²) in [6, 6.07) is -1.10. The zero-order valence-corrected chi connectivity index (χ0v) is 23.6. The lowest BCUT2D eigenvalue weighted by molar-refractivity contribution is -0.150. The molecule has 4 heterocycles. The Balaban J connectivity index is 1.11. The molecule has 4 saturated heterocycles. The summed E-state index contributed by atoms with van der Waals surface area (Å²) in [6.07, 6.45) is -1.09. The minimum absolute atomic E-state index is 0.00915. The maximum atomic E-state index is 13.3. The fourth-order valence-corrected chi connectivity index (χ4v) is 8.07. The first kappa shape index (κ1) is 28.8. The first-order valence-corrected chi connectivity index (χ1v) is 14.8. The lowest BCUT2D eigenvalue weighted by Gasteiger charge is -2.48. The third kappa shape index (κ3) is 5.34. The Labute approximate surface area is 234 Å². The molecule has 0 spiro atoms. The molecule has 6 aliphatic rings. The quantitative estimate of drug-likeness (QED) is 0.223. The number of alkyl halides is 3. The zero-order chi connectivity index (χ0) is 28.3. The lowest BCUT2D eigenvalue weighted by Crippen LogP contribution is -2.73. The van der Waals surface area contributed by atoms with Gasteiger partial charge in [0.1, 0.15) is 18.4 Å². The minimum atomic E-state index is -4.27. The summed E-state index contributed by atoms with van der Waals surface area (Å²) in [5.74, 6) is 1.16. The fourth-order valence-electron chi connectivity index (χ4n) is 8.07. The van der Waals surface area contributed by atoms with Crippen LogP contribution in [0.15, 0.2) is 0 Å². The van der Waals surface area contributed by atoms with Gasteiger partial charge in [0, 0.05) is 58.3 Å². The van der Waals surface area contributed by atoms with Crippen LogP contribution in [0.4, 0.5) is 13.2 Å². The monoisotopic (exact) mass is 573 g/mol. The molecule has 4 aliphatic heterocycles. The van der Waals surface area contributed by atoms with Gasteiger partial charge in [0.25, 0.3) is 0 Å². The third-order valence-electron chi connectivity index (χ3n) is 10.5. The predicted molar refractivity (Wildman–Crippen MR) is 143 cm³/mol. The number of nitrogens with zero attached hydrogens (tertiary/aromatic N) is 3. The van der Waals surface area contributed by atoms with Crippen molar-refractivity contribution in [3.8, 4) is 0 Å². The number of nitrogens with one attached hydrogen (secondary N) is 6. The number of aliphatic hydroxyl groups is 1. The maximum absolute atomic E-state index is 13.3. The Morgan fingerprint density at radius 3 is 2.42 bits per heavy atom. The zero-order valence-electron chi connectivity index (χ0n) is 23.6. The topological polar surface area (TPSA) is 123 Å². The predicted octanol–water partition coefficient (Wildman–Crippen LogP) is -0.531. The van der Waals surface area contributed by atoms with Crippen molar-refractivity contribution in [2.24, 2.45) is 23.7 Å². The van der Waals surface area contributed by atoms with Gasteiger partial charge in [-0.15, -0.1) is 0 Å². The summed E-state index contributed by atoms with van der Waals surface area (Å²) < 4.78 is 45.8. The average molecular weight is 574 g/mol. The highest BCUT2D eigenvalue weighted by Gasteiger charge is 2.53. The first-order chi connectivity index (χ1) is 19.1. The molecule has 2 saturated carbocycles. The van der Waals surface area contributed by atoms with E-state index in [0.29, 0.717) is 37.3 Å². The number of aliphatic hydroxyl groups excluding tert-OH is 1. The van der Waals surface area contributed by atoms with Crippen LogP contribution >= 0.6 is 0 Å². The van der Waals surface area contributed by atoms with Crippen molar-refractivity contribution in [3.05, 3.63) is 0 Å². The van der Waals surface area contributed by atoms with Crippen molar-refractivity contribution in [3.63, 3.8) is 0 Å².